The van der Waals surface area contributed by atoms with Crippen molar-refractivity contribution in [3.8, 4) is 34.3 Å². The Balaban J connectivity index is 1.72. The van der Waals surface area contributed by atoms with E-state index in [9.17, 15) is 28.5 Å². The molecule has 4 rings (SSSR count). The van der Waals surface area contributed by atoms with Crippen molar-refractivity contribution in [3.63, 3.8) is 0 Å². The topological polar surface area (TPSA) is 181 Å². The SMILES string of the molecule is Cc1ccc(-n2c(C(N)=O)nnc2-c2cc(S(=O)(=O)NCCc3ccc(O)cc3)c(O)cc2O)cc1. The van der Waals surface area contributed by atoms with Crippen molar-refractivity contribution in [1.82, 2.24) is 19.5 Å². The lowest BCUT2D eigenvalue weighted by atomic mass is 10.1. The van der Waals surface area contributed by atoms with Gasteiger partial charge >= 0.3 is 0 Å². The van der Waals surface area contributed by atoms with Crippen LogP contribution in [0.15, 0.2) is 65.6 Å². The van der Waals surface area contributed by atoms with Crippen molar-refractivity contribution in [3.05, 3.63) is 77.6 Å². The molecule has 0 saturated heterocycles. The molecule has 0 atom stereocenters. The summed E-state index contributed by atoms with van der Waals surface area (Å²) in [5.41, 5.74) is 7.57. The van der Waals surface area contributed by atoms with Gasteiger partial charge in [0.05, 0.1) is 5.56 Å². The van der Waals surface area contributed by atoms with E-state index in [-0.39, 0.29) is 29.5 Å². The second-order valence-corrected chi connectivity index (χ2v) is 9.77. The number of nitrogens with zero attached hydrogens (tertiary/aromatic N) is 3. The predicted octanol–water partition coefficient (Wildman–Crippen LogP) is 1.98. The van der Waals surface area contributed by atoms with Crippen molar-refractivity contribution in [1.29, 1.82) is 0 Å². The van der Waals surface area contributed by atoms with Gasteiger partial charge in [0.15, 0.2) is 5.82 Å². The fourth-order valence-corrected chi connectivity index (χ4v) is 4.71. The van der Waals surface area contributed by atoms with Crippen LogP contribution < -0.4 is 10.5 Å². The Morgan fingerprint density at radius 1 is 0.972 bits per heavy atom. The largest absolute Gasteiger partial charge is 0.508 e. The van der Waals surface area contributed by atoms with Gasteiger partial charge in [-0.15, -0.1) is 10.2 Å². The molecule has 0 unspecified atom stereocenters. The van der Waals surface area contributed by atoms with E-state index in [0.717, 1.165) is 23.3 Å². The molecule has 186 valence electrons. The Kier molecular flexibility index (Phi) is 6.64. The quantitative estimate of drug-likeness (QED) is 0.239. The van der Waals surface area contributed by atoms with Gasteiger partial charge in [0.1, 0.15) is 22.1 Å². The third-order valence-corrected chi connectivity index (χ3v) is 6.92. The minimum Gasteiger partial charge on any atom is -0.508 e. The molecule has 1 amide bonds. The number of sulfonamides is 1. The number of aromatic hydroxyl groups is 3. The molecule has 36 heavy (non-hydrogen) atoms. The van der Waals surface area contributed by atoms with Crippen molar-refractivity contribution < 1.29 is 28.5 Å². The minimum absolute atomic E-state index is 0.00807. The Labute approximate surface area is 206 Å². The van der Waals surface area contributed by atoms with Gasteiger partial charge in [-0.3, -0.25) is 9.36 Å². The molecule has 0 fully saturated rings. The lowest BCUT2D eigenvalue weighted by molar-refractivity contribution is 0.0988. The summed E-state index contributed by atoms with van der Waals surface area (Å²) < 4.78 is 29.7. The number of nitrogens with two attached hydrogens (primary N) is 1. The van der Waals surface area contributed by atoms with Gasteiger partial charge in [0.25, 0.3) is 5.91 Å². The van der Waals surface area contributed by atoms with Crippen LogP contribution >= 0.6 is 0 Å². The van der Waals surface area contributed by atoms with Crippen LogP contribution in [0.3, 0.4) is 0 Å². The molecule has 12 heteroatoms. The molecular weight excluding hydrogens is 486 g/mol. The van der Waals surface area contributed by atoms with E-state index in [0.29, 0.717) is 12.1 Å². The molecule has 0 spiro atoms. The standard InChI is InChI=1S/C24H23N5O6S/c1-14-2-6-16(7-3-14)29-23(27-28-24(29)22(25)33)18-12-21(20(32)13-19(18)31)36(34,35)26-11-10-15-4-8-17(30)9-5-15/h2-9,12-13,26,30-32H,10-11H2,1H3,(H2,25,33). The van der Waals surface area contributed by atoms with E-state index in [2.05, 4.69) is 14.9 Å². The second-order valence-electron chi connectivity index (χ2n) is 8.03. The predicted molar refractivity (Wildman–Crippen MR) is 130 cm³/mol. The summed E-state index contributed by atoms with van der Waals surface area (Å²) in [4.78, 5) is 11.5. The van der Waals surface area contributed by atoms with E-state index < -0.39 is 32.3 Å². The highest BCUT2D eigenvalue weighted by atomic mass is 32.2. The van der Waals surface area contributed by atoms with Crippen LogP contribution in [-0.4, -0.2) is 51.0 Å². The third-order valence-electron chi connectivity index (χ3n) is 5.43. The van der Waals surface area contributed by atoms with Crippen LogP contribution in [0.5, 0.6) is 17.2 Å². The maximum atomic E-state index is 13.0. The zero-order valence-electron chi connectivity index (χ0n) is 19.1. The van der Waals surface area contributed by atoms with Gasteiger partial charge in [-0.1, -0.05) is 29.8 Å². The lowest BCUT2D eigenvalue weighted by Crippen LogP contribution is -2.26. The highest BCUT2D eigenvalue weighted by molar-refractivity contribution is 7.89. The van der Waals surface area contributed by atoms with E-state index in [1.165, 1.54) is 16.7 Å². The van der Waals surface area contributed by atoms with Crippen molar-refractivity contribution in [2.45, 2.75) is 18.2 Å². The second kappa shape index (κ2) is 9.68. The maximum Gasteiger partial charge on any atom is 0.287 e. The summed E-state index contributed by atoms with van der Waals surface area (Å²) in [5, 5.41) is 38.0. The summed E-state index contributed by atoms with van der Waals surface area (Å²) in [6, 6.07) is 15.2. The first-order valence-electron chi connectivity index (χ1n) is 10.7. The summed E-state index contributed by atoms with van der Waals surface area (Å²) in [7, 11) is -4.22. The first kappa shape index (κ1) is 24.7. The molecule has 0 radical (unpaired) electrons. The molecule has 0 bridgehead atoms. The minimum atomic E-state index is -4.22. The first-order chi connectivity index (χ1) is 17.1. The number of carbonyl (C=O) groups is 1. The number of phenolic OH excluding ortho intramolecular Hbond substituents is 3. The summed E-state index contributed by atoms with van der Waals surface area (Å²) in [5.74, 6) is -2.21. The average Bonchev–Trinajstić information content (AvgIpc) is 3.26. The molecule has 6 N–H and O–H groups in total. The van der Waals surface area contributed by atoms with E-state index >= 15 is 0 Å². The first-order valence-corrected chi connectivity index (χ1v) is 12.2. The molecular formula is C24H23N5O6S. The molecule has 3 aromatic carbocycles. The Hall–Kier alpha value is -4.42. The fourth-order valence-electron chi connectivity index (χ4n) is 3.58. The molecule has 0 aliphatic carbocycles. The van der Waals surface area contributed by atoms with Crippen LogP contribution in [-0.2, 0) is 16.4 Å². The van der Waals surface area contributed by atoms with Crippen LogP contribution in [0.25, 0.3) is 17.1 Å². The molecule has 0 aliphatic rings. The number of carbonyl (C=O) groups excluding carboxylic acids is 1. The van der Waals surface area contributed by atoms with Crippen LogP contribution in [0.4, 0.5) is 0 Å². The molecule has 0 saturated carbocycles. The van der Waals surface area contributed by atoms with Crippen molar-refractivity contribution in [2.24, 2.45) is 5.73 Å². The Morgan fingerprint density at radius 2 is 1.64 bits per heavy atom. The zero-order valence-corrected chi connectivity index (χ0v) is 19.9. The van der Waals surface area contributed by atoms with Gasteiger partial charge in [0.2, 0.25) is 15.8 Å². The molecule has 11 nitrogen and oxygen atoms in total. The fraction of sp³-hybridized carbons (Fsp3) is 0.125. The third kappa shape index (κ3) is 4.99. The number of phenols is 3. The molecule has 1 aromatic heterocycles. The summed E-state index contributed by atoms with van der Waals surface area (Å²) in [6.45, 7) is 1.89. The zero-order chi connectivity index (χ0) is 26.0. The van der Waals surface area contributed by atoms with Gasteiger partial charge < -0.3 is 21.1 Å². The van der Waals surface area contributed by atoms with E-state index in [1.807, 2.05) is 6.92 Å². The number of aryl methyl sites for hydroxylation is 1. The average molecular weight is 510 g/mol. The number of primary amides is 1. The van der Waals surface area contributed by atoms with E-state index in [4.69, 9.17) is 5.73 Å². The smallest absolute Gasteiger partial charge is 0.287 e. The van der Waals surface area contributed by atoms with Gasteiger partial charge in [0, 0.05) is 18.3 Å². The molecule has 1 heterocycles. The van der Waals surface area contributed by atoms with Crippen molar-refractivity contribution >= 4 is 15.9 Å². The number of rotatable bonds is 8. The molecule has 0 aliphatic heterocycles. The monoisotopic (exact) mass is 509 g/mol. The van der Waals surface area contributed by atoms with E-state index in [1.54, 1.807) is 36.4 Å². The van der Waals surface area contributed by atoms with Crippen LogP contribution in [0, 0.1) is 6.92 Å². The highest BCUT2D eigenvalue weighted by Gasteiger charge is 2.26. The van der Waals surface area contributed by atoms with Crippen molar-refractivity contribution in [2.75, 3.05) is 6.54 Å². The number of amides is 1. The number of hydrogen-bond donors (Lipinski definition) is 5. The number of nitrogens with one attached hydrogen (secondary N) is 1. The van der Waals surface area contributed by atoms with Gasteiger partial charge in [-0.25, -0.2) is 13.1 Å². The highest BCUT2D eigenvalue weighted by Crippen LogP contribution is 2.37. The normalized spacial score (nSPS) is 11.5. The maximum absolute atomic E-state index is 13.0. The summed E-state index contributed by atoms with van der Waals surface area (Å²) >= 11 is 0. The molecule has 4 aromatic rings. The van der Waals surface area contributed by atoms with Crippen LogP contribution in [0.1, 0.15) is 21.7 Å². The van der Waals surface area contributed by atoms with Gasteiger partial charge in [-0.2, -0.15) is 0 Å². The van der Waals surface area contributed by atoms with Crippen LogP contribution in [0.2, 0.25) is 0 Å². The number of aromatic nitrogens is 3. The van der Waals surface area contributed by atoms with Gasteiger partial charge in [-0.05, 0) is 49.2 Å². The Morgan fingerprint density at radius 3 is 2.28 bits per heavy atom. The number of hydrogen-bond acceptors (Lipinski definition) is 8. The lowest BCUT2D eigenvalue weighted by Gasteiger charge is -2.13. The Bertz CT molecular complexity index is 1530. The summed E-state index contributed by atoms with van der Waals surface area (Å²) in [6.07, 6.45) is 0.328. The number of benzene rings is 3.